The predicted octanol–water partition coefficient (Wildman–Crippen LogP) is 5.25. The van der Waals surface area contributed by atoms with Crippen LogP contribution in [0.15, 0.2) is 77.9 Å². The van der Waals surface area contributed by atoms with Crippen molar-refractivity contribution in [3.05, 3.63) is 105 Å². The lowest BCUT2D eigenvalue weighted by Gasteiger charge is -2.11. The Morgan fingerprint density at radius 3 is 2.59 bits per heavy atom. The highest BCUT2D eigenvalue weighted by molar-refractivity contribution is 6.30. The minimum Gasteiger partial charge on any atom is -0.496 e. The number of methoxy groups -OCH3 is 1. The molecule has 5 aromatic rings. The minimum atomic E-state index is -0.372. The number of ether oxygens (including phenoxy) is 1. The number of halogens is 2. The van der Waals surface area contributed by atoms with Crippen LogP contribution in [0.4, 0.5) is 4.39 Å². The van der Waals surface area contributed by atoms with E-state index in [0.717, 1.165) is 16.6 Å². The van der Waals surface area contributed by atoms with Gasteiger partial charge in [-0.05, 0) is 42.0 Å². The molecule has 2 aromatic heterocycles. The molecular formula is C25H19ClFN3O2. The molecule has 0 aliphatic heterocycles. The Balaban J connectivity index is 1.71. The first kappa shape index (κ1) is 20.3. The van der Waals surface area contributed by atoms with Gasteiger partial charge in [0.15, 0.2) is 0 Å². The van der Waals surface area contributed by atoms with Gasteiger partial charge in [0, 0.05) is 22.5 Å². The fourth-order valence-corrected chi connectivity index (χ4v) is 4.16. The van der Waals surface area contributed by atoms with Gasteiger partial charge in [0.2, 0.25) is 0 Å². The van der Waals surface area contributed by atoms with E-state index in [-0.39, 0.29) is 11.4 Å². The van der Waals surface area contributed by atoms with Crippen LogP contribution in [0, 0.1) is 5.82 Å². The maximum atomic E-state index is 14.0. The number of hydrogen-bond acceptors (Lipinski definition) is 3. The molecule has 7 heteroatoms. The maximum absolute atomic E-state index is 14.0. The average Bonchev–Trinajstić information content (AvgIpc) is 3.10. The number of para-hydroxylation sites is 1. The van der Waals surface area contributed by atoms with E-state index >= 15 is 0 Å². The summed E-state index contributed by atoms with van der Waals surface area (Å²) in [4.78, 5) is 18.2. The molecule has 0 aliphatic carbocycles. The van der Waals surface area contributed by atoms with Crippen LogP contribution >= 0.6 is 11.6 Å². The third-order valence-corrected chi connectivity index (χ3v) is 5.83. The summed E-state index contributed by atoms with van der Waals surface area (Å²) in [5.41, 5.74) is 3.29. The summed E-state index contributed by atoms with van der Waals surface area (Å²) in [5, 5.41) is 1.24. The van der Waals surface area contributed by atoms with Gasteiger partial charge in [0.25, 0.3) is 5.56 Å². The van der Waals surface area contributed by atoms with Gasteiger partial charge in [-0.1, -0.05) is 41.9 Å². The normalized spacial score (nSPS) is 11.3. The number of hydrogen-bond donors (Lipinski definition) is 0. The molecular weight excluding hydrogens is 429 g/mol. The van der Waals surface area contributed by atoms with E-state index < -0.39 is 0 Å². The maximum Gasteiger partial charge on any atom is 0.278 e. The fraction of sp³-hybridized carbons (Fsp3) is 0.120. The Labute approximate surface area is 188 Å². The summed E-state index contributed by atoms with van der Waals surface area (Å²) < 4.78 is 22.9. The molecule has 3 aromatic carbocycles. The average molecular weight is 448 g/mol. The third kappa shape index (κ3) is 3.52. The van der Waals surface area contributed by atoms with Gasteiger partial charge in [0.05, 0.1) is 25.5 Å². The van der Waals surface area contributed by atoms with Gasteiger partial charge in [0.1, 0.15) is 22.6 Å². The second-order valence-electron chi connectivity index (χ2n) is 7.56. The molecule has 0 radical (unpaired) electrons. The summed E-state index contributed by atoms with van der Waals surface area (Å²) in [7, 11) is 1.60. The molecule has 0 saturated heterocycles. The van der Waals surface area contributed by atoms with Crippen molar-refractivity contribution >= 4 is 33.5 Å². The summed E-state index contributed by atoms with van der Waals surface area (Å²) in [5.74, 6) is 0.325. The highest BCUT2D eigenvalue weighted by Crippen LogP contribution is 2.28. The van der Waals surface area contributed by atoms with Crippen molar-refractivity contribution in [1.82, 2.24) is 14.1 Å². The quantitative estimate of drug-likeness (QED) is 0.370. The van der Waals surface area contributed by atoms with E-state index in [9.17, 15) is 9.18 Å². The zero-order valence-electron chi connectivity index (χ0n) is 17.3. The Morgan fingerprint density at radius 1 is 1.03 bits per heavy atom. The van der Waals surface area contributed by atoms with Crippen molar-refractivity contribution < 1.29 is 9.13 Å². The van der Waals surface area contributed by atoms with Gasteiger partial charge in [-0.25, -0.2) is 9.37 Å². The monoisotopic (exact) mass is 447 g/mol. The van der Waals surface area contributed by atoms with E-state index in [4.69, 9.17) is 16.3 Å². The molecule has 2 heterocycles. The Hall–Kier alpha value is -3.64. The first-order valence-corrected chi connectivity index (χ1v) is 10.5. The van der Waals surface area contributed by atoms with Gasteiger partial charge < -0.3 is 9.30 Å². The number of fused-ring (bicyclic) bond motifs is 3. The lowest BCUT2D eigenvalue weighted by Crippen LogP contribution is -2.23. The van der Waals surface area contributed by atoms with Crippen LogP contribution in [-0.4, -0.2) is 21.2 Å². The summed E-state index contributed by atoms with van der Waals surface area (Å²) >= 11 is 6.03. The molecule has 32 heavy (non-hydrogen) atoms. The molecule has 0 bridgehead atoms. The van der Waals surface area contributed by atoms with Crippen LogP contribution in [0.3, 0.4) is 0 Å². The SMILES string of the molecule is COc1ccccc1Cn1cnc2c3cc(F)ccc3n(Cc3ccc(Cl)cc3)c2c1=O. The van der Waals surface area contributed by atoms with Gasteiger partial charge in [-0.2, -0.15) is 0 Å². The van der Waals surface area contributed by atoms with E-state index in [2.05, 4.69) is 4.98 Å². The summed E-state index contributed by atoms with van der Waals surface area (Å²) in [6.07, 6.45) is 1.51. The van der Waals surface area contributed by atoms with Crippen LogP contribution in [-0.2, 0) is 13.1 Å². The molecule has 0 unspecified atom stereocenters. The highest BCUT2D eigenvalue weighted by Gasteiger charge is 2.18. The van der Waals surface area contributed by atoms with Gasteiger partial charge in [-0.15, -0.1) is 0 Å². The van der Waals surface area contributed by atoms with Crippen LogP contribution in [0.2, 0.25) is 5.02 Å². The van der Waals surface area contributed by atoms with Crippen molar-refractivity contribution in [2.45, 2.75) is 13.1 Å². The topological polar surface area (TPSA) is 49.0 Å². The zero-order chi connectivity index (χ0) is 22.2. The molecule has 0 aliphatic rings. The van der Waals surface area contributed by atoms with Crippen molar-refractivity contribution in [3.63, 3.8) is 0 Å². The largest absolute Gasteiger partial charge is 0.496 e. The smallest absolute Gasteiger partial charge is 0.278 e. The number of aromatic nitrogens is 3. The zero-order valence-corrected chi connectivity index (χ0v) is 18.0. The highest BCUT2D eigenvalue weighted by atomic mass is 35.5. The van der Waals surface area contributed by atoms with E-state index in [0.29, 0.717) is 40.3 Å². The van der Waals surface area contributed by atoms with Crippen LogP contribution < -0.4 is 10.3 Å². The molecule has 0 N–H and O–H groups in total. The second kappa shape index (κ2) is 8.13. The molecule has 0 atom stereocenters. The van der Waals surface area contributed by atoms with Gasteiger partial charge >= 0.3 is 0 Å². The third-order valence-electron chi connectivity index (χ3n) is 5.58. The number of benzene rings is 3. The first-order valence-electron chi connectivity index (χ1n) is 10.1. The minimum absolute atomic E-state index is 0.202. The van der Waals surface area contributed by atoms with E-state index in [1.165, 1.54) is 18.5 Å². The summed E-state index contributed by atoms with van der Waals surface area (Å²) in [6, 6.07) is 19.5. The lowest BCUT2D eigenvalue weighted by atomic mass is 10.2. The van der Waals surface area contributed by atoms with Crippen molar-refractivity contribution in [2.75, 3.05) is 7.11 Å². The molecule has 0 saturated carbocycles. The van der Waals surface area contributed by atoms with Crippen molar-refractivity contribution in [2.24, 2.45) is 0 Å². The molecule has 5 rings (SSSR count). The number of rotatable bonds is 5. The van der Waals surface area contributed by atoms with Crippen LogP contribution in [0.5, 0.6) is 5.75 Å². The lowest BCUT2D eigenvalue weighted by molar-refractivity contribution is 0.408. The van der Waals surface area contributed by atoms with E-state index in [1.807, 2.05) is 53.1 Å². The van der Waals surface area contributed by atoms with Crippen LogP contribution in [0.1, 0.15) is 11.1 Å². The first-order chi connectivity index (χ1) is 15.5. The molecule has 160 valence electrons. The van der Waals surface area contributed by atoms with Crippen LogP contribution in [0.25, 0.3) is 21.9 Å². The molecule has 0 amide bonds. The van der Waals surface area contributed by atoms with Crippen molar-refractivity contribution in [3.8, 4) is 5.75 Å². The van der Waals surface area contributed by atoms with E-state index in [1.54, 1.807) is 17.7 Å². The second-order valence-corrected chi connectivity index (χ2v) is 8.00. The molecule has 0 spiro atoms. The fourth-order valence-electron chi connectivity index (χ4n) is 4.04. The molecule has 5 nitrogen and oxygen atoms in total. The Kier molecular flexibility index (Phi) is 5.15. The van der Waals surface area contributed by atoms with Gasteiger partial charge in [-0.3, -0.25) is 9.36 Å². The standard InChI is InChI=1S/C25H19ClFN3O2/c1-32-22-5-3-2-4-17(22)14-29-15-28-23-20-12-19(27)10-11-21(20)30(24(23)25(29)31)13-16-6-8-18(26)9-7-16/h2-12,15H,13-14H2,1H3. The number of nitrogens with zero attached hydrogens (tertiary/aromatic N) is 3. The van der Waals surface area contributed by atoms with Crippen molar-refractivity contribution in [1.29, 1.82) is 0 Å². The Morgan fingerprint density at radius 2 is 1.81 bits per heavy atom. The molecule has 0 fully saturated rings. The Bertz CT molecular complexity index is 1510. The summed E-state index contributed by atoms with van der Waals surface area (Å²) in [6.45, 7) is 0.737. The predicted molar refractivity (Wildman–Crippen MR) is 124 cm³/mol.